The van der Waals surface area contributed by atoms with E-state index in [4.69, 9.17) is 9.73 Å². The van der Waals surface area contributed by atoms with Crippen molar-refractivity contribution < 1.29 is 19.1 Å². The highest BCUT2D eigenvalue weighted by molar-refractivity contribution is 5.96. The van der Waals surface area contributed by atoms with Crippen LogP contribution in [-0.4, -0.2) is 53.7 Å². The monoisotopic (exact) mass is 604 g/mol. The normalized spacial score (nSPS) is 11.8. The summed E-state index contributed by atoms with van der Waals surface area (Å²) in [5.41, 5.74) is 1.44. The Bertz CT molecular complexity index is 1580. The van der Waals surface area contributed by atoms with Gasteiger partial charge in [0, 0.05) is 32.7 Å². The first-order valence-corrected chi connectivity index (χ1v) is 14.8. The number of amides is 2. The van der Waals surface area contributed by atoms with Gasteiger partial charge in [0.2, 0.25) is 5.96 Å². The summed E-state index contributed by atoms with van der Waals surface area (Å²) in [5, 5.41) is 2.79. The molecule has 0 aliphatic heterocycles. The first kappa shape index (κ1) is 32.7. The summed E-state index contributed by atoms with van der Waals surface area (Å²) >= 11 is 0. The van der Waals surface area contributed by atoms with Gasteiger partial charge >= 0.3 is 6.09 Å². The molecule has 0 fully saturated rings. The quantitative estimate of drug-likeness (QED) is 0.135. The number of aldehydes is 1. The fourth-order valence-corrected chi connectivity index (χ4v) is 4.91. The lowest BCUT2D eigenvalue weighted by Gasteiger charge is -2.30. The Labute approximate surface area is 265 Å². The van der Waals surface area contributed by atoms with E-state index in [1.165, 1.54) is 0 Å². The van der Waals surface area contributed by atoms with E-state index in [2.05, 4.69) is 5.32 Å². The van der Waals surface area contributed by atoms with Crippen LogP contribution in [0, 0.1) is 0 Å². The lowest BCUT2D eigenvalue weighted by atomic mass is 9.84. The molecule has 0 saturated heterocycles. The maximum Gasteiger partial charge on any atom is 0.414 e. The SMILES string of the molecule is CN(Cc1ccccc1)C(=O)c1cccc(CN(C)C(=NC(C=O)(c2ccccc2)c2ccccc2)NC(=O)OC(C)(C)C)c1. The van der Waals surface area contributed by atoms with Gasteiger partial charge in [-0.15, -0.1) is 0 Å². The summed E-state index contributed by atoms with van der Waals surface area (Å²) in [7, 11) is 3.54. The molecule has 4 aromatic carbocycles. The van der Waals surface area contributed by atoms with Gasteiger partial charge in [-0.1, -0.05) is 103 Å². The van der Waals surface area contributed by atoms with Crippen molar-refractivity contribution in [3.8, 4) is 0 Å². The molecule has 0 aromatic heterocycles. The number of benzene rings is 4. The molecule has 8 heteroatoms. The van der Waals surface area contributed by atoms with Crippen LogP contribution in [0.4, 0.5) is 4.79 Å². The third-order valence-electron chi connectivity index (χ3n) is 7.06. The molecule has 0 aliphatic rings. The maximum atomic E-state index is 13.3. The van der Waals surface area contributed by atoms with Crippen LogP contribution in [0.3, 0.4) is 0 Å². The van der Waals surface area contributed by atoms with Gasteiger partial charge in [-0.3, -0.25) is 14.9 Å². The van der Waals surface area contributed by atoms with Crippen LogP contribution in [-0.2, 0) is 28.2 Å². The van der Waals surface area contributed by atoms with E-state index in [1.807, 2.05) is 109 Å². The van der Waals surface area contributed by atoms with Crippen molar-refractivity contribution in [1.82, 2.24) is 15.1 Å². The van der Waals surface area contributed by atoms with Gasteiger partial charge in [0.25, 0.3) is 5.91 Å². The number of ether oxygens (including phenoxy) is 1. The average molecular weight is 605 g/mol. The second-order valence-corrected chi connectivity index (χ2v) is 11.9. The lowest BCUT2D eigenvalue weighted by molar-refractivity contribution is -0.111. The van der Waals surface area contributed by atoms with Crippen molar-refractivity contribution in [2.45, 2.75) is 45.0 Å². The molecule has 0 saturated carbocycles. The van der Waals surface area contributed by atoms with Crippen LogP contribution in [0.1, 0.15) is 53.4 Å². The van der Waals surface area contributed by atoms with Gasteiger partial charge in [-0.2, -0.15) is 0 Å². The number of hydrogen-bond donors (Lipinski definition) is 1. The zero-order valence-electron chi connectivity index (χ0n) is 26.4. The van der Waals surface area contributed by atoms with E-state index in [0.29, 0.717) is 23.2 Å². The molecule has 0 atom stereocenters. The molecule has 1 N–H and O–H groups in total. The Balaban J connectivity index is 1.70. The van der Waals surface area contributed by atoms with Gasteiger partial charge in [-0.25, -0.2) is 9.79 Å². The van der Waals surface area contributed by atoms with E-state index >= 15 is 0 Å². The molecular formula is C37H40N4O4. The molecule has 8 nitrogen and oxygen atoms in total. The summed E-state index contributed by atoms with van der Waals surface area (Å²) in [6, 6.07) is 35.6. The van der Waals surface area contributed by atoms with Crippen molar-refractivity contribution in [3.63, 3.8) is 0 Å². The third kappa shape index (κ3) is 8.66. The minimum Gasteiger partial charge on any atom is -0.444 e. The lowest BCUT2D eigenvalue weighted by Crippen LogP contribution is -2.46. The molecule has 0 bridgehead atoms. The fourth-order valence-electron chi connectivity index (χ4n) is 4.91. The molecule has 0 spiro atoms. The summed E-state index contributed by atoms with van der Waals surface area (Å²) in [6.07, 6.45) is 0.0740. The maximum absolute atomic E-state index is 13.3. The van der Waals surface area contributed by atoms with Gasteiger partial charge in [0.1, 0.15) is 5.60 Å². The van der Waals surface area contributed by atoms with Crippen LogP contribution in [0.25, 0.3) is 0 Å². The smallest absolute Gasteiger partial charge is 0.414 e. The molecule has 0 unspecified atom stereocenters. The first-order valence-electron chi connectivity index (χ1n) is 14.8. The number of alkyl carbamates (subject to hydrolysis) is 1. The molecular weight excluding hydrogens is 564 g/mol. The van der Waals surface area contributed by atoms with Crippen molar-refractivity contribution in [2.24, 2.45) is 4.99 Å². The highest BCUT2D eigenvalue weighted by atomic mass is 16.6. The van der Waals surface area contributed by atoms with Crippen LogP contribution < -0.4 is 5.32 Å². The standard InChI is InChI=1S/C37H40N4O4/c1-36(2,3)45-35(44)38-34(39-37(27-42,31-20-11-7-12-21-31)32-22-13-8-14-23-32)41(5)26-29-18-15-19-30(24-29)33(43)40(4)25-28-16-9-6-10-17-28/h6-24,27H,25-26H2,1-5H3,(H,38,39,44). The predicted octanol–water partition coefficient (Wildman–Crippen LogP) is 6.41. The summed E-state index contributed by atoms with van der Waals surface area (Å²) in [4.78, 5) is 47.8. The van der Waals surface area contributed by atoms with E-state index in [-0.39, 0.29) is 18.4 Å². The Morgan fingerprint density at radius 3 is 1.78 bits per heavy atom. The second kappa shape index (κ2) is 14.5. The number of aliphatic imine (C=N–C) groups is 1. The van der Waals surface area contributed by atoms with E-state index < -0.39 is 17.2 Å². The predicted molar refractivity (Wildman–Crippen MR) is 177 cm³/mol. The molecule has 0 aliphatic carbocycles. The molecule has 0 radical (unpaired) electrons. The Morgan fingerprint density at radius 2 is 1.24 bits per heavy atom. The molecule has 45 heavy (non-hydrogen) atoms. The van der Waals surface area contributed by atoms with E-state index in [9.17, 15) is 14.4 Å². The first-order chi connectivity index (χ1) is 21.5. The topological polar surface area (TPSA) is 91.3 Å². The zero-order valence-corrected chi connectivity index (χ0v) is 26.4. The van der Waals surface area contributed by atoms with Gasteiger partial charge in [-0.05, 0) is 55.2 Å². The number of guanidine groups is 1. The van der Waals surface area contributed by atoms with Crippen LogP contribution in [0.15, 0.2) is 120 Å². The minimum absolute atomic E-state index is 0.114. The Morgan fingerprint density at radius 1 is 0.733 bits per heavy atom. The summed E-state index contributed by atoms with van der Waals surface area (Å²) in [5.74, 6) is 0.0132. The number of nitrogens with one attached hydrogen (secondary N) is 1. The minimum atomic E-state index is -1.46. The largest absolute Gasteiger partial charge is 0.444 e. The van der Waals surface area contributed by atoms with Crippen molar-refractivity contribution in [2.75, 3.05) is 14.1 Å². The van der Waals surface area contributed by atoms with Gasteiger partial charge in [0.15, 0.2) is 11.8 Å². The van der Waals surface area contributed by atoms with Crippen LogP contribution in [0.5, 0.6) is 0 Å². The number of carbonyl (C=O) groups is 3. The highest BCUT2D eigenvalue weighted by Crippen LogP contribution is 2.32. The second-order valence-electron chi connectivity index (χ2n) is 11.9. The highest BCUT2D eigenvalue weighted by Gasteiger charge is 2.35. The number of nitrogens with zero attached hydrogens (tertiary/aromatic N) is 3. The number of rotatable bonds is 9. The van der Waals surface area contributed by atoms with Crippen LogP contribution in [0.2, 0.25) is 0 Å². The van der Waals surface area contributed by atoms with Crippen molar-refractivity contribution in [3.05, 3.63) is 143 Å². The van der Waals surface area contributed by atoms with E-state index in [1.54, 1.807) is 50.7 Å². The van der Waals surface area contributed by atoms with Gasteiger partial charge in [0.05, 0.1) is 0 Å². The Kier molecular flexibility index (Phi) is 10.5. The molecule has 0 heterocycles. The Hall–Kier alpha value is -5.24. The average Bonchev–Trinajstić information content (AvgIpc) is 3.03. The molecule has 232 valence electrons. The number of carbonyl (C=O) groups excluding carboxylic acids is 3. The summed E-state index contributed by atoms with van der Waals surface area (Å²) in [6.45, 7) is 6.07. The van der Waals surface area contributed by atoms with Crippen molar-refractivity contribution >= 4 is 24.2 Å². The zero-order chi connectivity index (χ0) is 32.5. The molecule has 4 aromatic rings. The van der Waals surface area contributed by atoms with E-state index in [0.717, 1.165) is 17.4 Å². The molecule has 2 amide bonds. The summed E-state index contributed by atoms with van der Waals surface area (Å²) < 4.78 is 5.56. The third-order valence-corrected chi connectivity index (χ3v) is 7.06. The fraction of sp³-hybridized carbons (Fsp3) is 0.243. The molecule has 4 rings (SSSR count). The van der Waals surface area contributed by atoms with Gasteiger partial charge < -0.3 is 14.5 Å². The van der Waals surface area contributed by atoms with Crippen LogP contribution >= 0.6 is 0 Å². The van der Waals surface area contributed by atoms with Crippen molar-refractivity contribution in [1.29, 1.82) is 0 Å². The number of hydrogen-bond acceptors (Lipinski definition) is 5.